The molecular weight excluding hydrogens is 360 g/mol. The molecule has 1 aromatic carbocycles. The van der Waals surface area contributed by atoms with Gasteiger partial charge in [-0.15, -0.1) is 0 Å². The minimum atomic E-state index is -1.08. The number of aromatic nitrogens is 2. The summed E-state index contributed by atoms with van der Waals surface area (Å²) in [6, 6.07) is 7.24. The molecule has 0 aliphatic carbocycles. The maximum atomic E-state index is 11.9. The molecule has 3 rings (SSSR count). The van der Waals surface area contributed by atoms with Gasteiger partial charge in [-0.3, -0.25) is 4.21 Å². The van der Waals surface area contributed by atoms with E-state index in [2.05, 4.69) is 14.9 Å². The van der Waals surface area contributed by atoms with Crippen LogP contribution in [-0.2, 0) is 15.5 Å². The van der Waals surface area contributed by atoms with E-state index in [-0.39, 0.29) is 12.0 Å². The van der Waals surface area contributed by atoms with Gasteiger partial charge in [0.05, 0.1) is 12.6 Å². The molecule has 1 aliphatic rings. The van der Waals surface area contributed by atoms with Gasteiger partial charge in [0.2, 0.25) is 5.95 Å². The number of nitrogens with zero attached hydrogens (tertiary/aromatic N) is 3. The molecule has 8 heteroatoms. The minimum absolute atomic E-state index is 0.132. The number of anilines is 2. The summed E-state index contributed by atoms with van der Waals surface area (Å²) in [6.45, 7) is 3.79. The molecule has 0 radical (unpaired) electrons. The van der Waals surface area contributed by atoms with Gasteiger partial charge in [-0.2, -0.15) is 4.98 Å². The lowest BCUT2D eigenvalue weighted by Crippen LogP contribution is -2.32. The molecule has 1 aromatic heterocycles. The minimum Gasteiger partial charge on any atom is -0.379 e. The third-order valence-electron chi connectivity index (χ3n) is 4.15. The Bertz CT molecular complexity index is 782. The predicted molar refractivity (Wildman–Crippen MR) is 100 cm³/mol. The zero-order valence-corrected chi connectivity index (χ0v) is 15.8. The first-order chi connectivity index (χ1) is 12.0. The molecule has 0 saturated carbocycles. The van der Waals surface area contributed by atoms with Gasteiger partial charge in [0.25, 0.3) is 0 Å². The Kier molecular flexibility index (Phi) is 5.56. The standard InChI is InChI=1S/C17H21ClN4O2S/c1-11-8-16(21-17(19)20-11)22-6-3-7-24-10-15(22)13-9-12(25(2)23)4-5-14(13)18/h4-5,8-9,15H,3,6-7,10H2,1-2H3,(H2,19,20,21). The summed E-state index contributed by atoms with van der Waals surface area (Å²) in [5.41, 5.74) is 7.52. The zero-order valence-electron chi connectivity index (χ0n) is 14.2. The van der Waals surface area contributed by atoms with Crippen molar-refractivity contribution in [3.8, 4) is 0 Å². The Morgan fingerprint density at radius 3 is 2.88 bits per heavy atom. The number of rotatable bonds is 3. The third kappa shape index (κ3) is 4.11. The van der Waals surface area contributed by atoms with E-state index < -0.39 is 10.8 Å². The van der Waals surface area contributed by atoms with E-state index in [0.717, 1.165) is 34.9 Å². The number of hydrogen-bond donors (Lipinski definition) is 1. The van der Waals surface area contributed by atoms with Crippen LogP contribution in [0.2, 0.25) is 5.02 Å². The number of ether oxygens (including phenoxy) is 1. The van der Waals surface area contributed by atoms with Crippen LogP contribution in [0, 0.1) is 6.92 Å². The fourth-order valence-corrected chi connectivity index (χ4v) is 3.78. The van der Waals surface area contributed by atoms with E-state index in [1.165, 1.54) is 0 Å². The van der Waals surface area contributed by atoms with Crippen LogP contribution < -0.4 is 10.6 Å². The lowest BCUT2D eigenvalue weighted by atomic mass is 10.1. The normalized spacial score (nSPS) is 19.5. The predicted octanol–water partition coefficient (Wildman–Crippen LogP) is 2.73. The molecule has 1 fully saturated rings. The van der Waals surface area contributed by atoms with E-state index in [4.69, 9.17) is 22.1 Å². The Morgan fingerprint density at radius 1 is 1.36 bits per heavy atom. The lowest BCUT2D eigenvalue weighted by molar-refractivity contribution is 0.134. The van der Waals surface area contributed by atoms with Gasteiger partial charge < -0.3 is 15.4 Å². The highest BCUT2D eigenvalue weighted by Crippen LogP contribution is 2.34. The quantitative estimate of drug-likeness (QED) is 0.881. The van der Waals surface area contributed by atoms with E-state index >= 15 is 0 Å². The molecule has 134 valence electrons. The number of nitrogens with two attached hydrogens (primary N) is 1. The van der Waals surface area contributed by atoms with Crippen LogP contribution in [0.3, 0.4) is 0 Å². The number of halogens is 1. The Labute approximate surface area is 154 Å². The highest BCUT2D eigenvalue weighted by atomic mass is 35.5. The lowest BCUT2D eigenvalue weighted by Gasteiger charge is -2.31. The van der Waals surface area contributed by atoms with Crippen molar-refractivity contribution in [2.75, 3.05) is 36.6 Å². The van der Waals surface area contributed by atoms with Gasteiger partial charge in [0.1, 0.15) is 5.82 Å². The van der Waals surface area contributed by atoms with Crippen molar-refractivity contribution in [1.82, 2.24) is 9.97 Å². The van der Waals surface area contributed by atoms with Crippen LogP contribution in [0.1, 0.15) is 23.7 Å². The summed E-state index contributed by atoms with van der Waals surface area (Å²) < 4.78 is 17.7. The molecule has 2 aromatic rings. The van der Waals surface area contributed by atoms with Crippen molar-refractivity contribution >= 4 is 34.2 Å². The van der Waals surface area contributed by atoms with Crippen molar-refractivity contribution in [1.29, 1.82) is 0 Å². The first kappa shape index (κ1) is 18.1. The molecule has 2 N–H and O–H groups in total. The summed E-state index contributed by atoms with van der Waals surface area (Å²) in [7, 11) is -1.08. The SMILES string of the molecule is Cc1cc(N2CCCOCC2c2cc(S(C)=O)ccc2Cl)nc(N)n1. The molecule has 0 amide bonds. The van der Waals surface area contributed by atoms with E-state index in [0.29, 0.717) is 18.2 Å². The Hall–Kier alpha value is -1.70. The average molecular weight is 381 g/mol. The third-order valence-corrected chi connectivity index (χ3v) is 5.41. The van der Waals surface area contributed by atoms with Crippen molar-refractivity contribution in [3.05, 3.63) is 40.5 Å². The molecule has 0 bridgehead atoms. The monoisotopic (exact) mass is 380 g/mol. The van der Waals surface area contributed by atoms with Crippen molar-refractivity contribution < 1.29 is 8.95 Å². The summed E-state index contributed by atoms with van der Waals surface area (Å²) in [5.74, 6) is 0.994. The number of benzene rings is 1. The van der Waals surface area contributed by atoms with Gasteiger partial charge in [-0.25, -0.2) is 4.98 Å². The van der Waals surface area contributed by atoms with Gasteiger partial charge in [-0.1, -0.05) is 11.6 Å². The number of hydrogen-bond acceptors (Lipinski definition) is 6. The van der Waals surface area contributed by atoms with Crippen LogP contribution >= 0.6 is 11.6 Å². The van der Waals surface area contributed by atoms with E-state index in [1.807, 2.05) is 19.1 Å². The molecule has 25 heavy (non-hydrogen) atoms. The molecule has 0 spiro atoms. The molecular formula is C17H21ClN4O2S. The molecule has 2 atom stereocenters. The van der Waals surface area contributed by atoms with Crippen LogP contribution in [0.5, 0.6) is 0 Å². The maximum Gasteiger partial charge on any atom is 0.222 e. The molecule has 1 saturated heterocycles. The molecule has 2 unspecified atom stereocenters. The summed E-state index contributed by atoms with van der Waals surface area (Å²) in [4.78, 5) is 11.4. The zero-order chi connectivity index (χ0) is 18.0. The van der Waals surface area contributed by atoms with Crippen molar-refractivity contribution in [2.45, 2.75) is 24.3 Å². The van der Waals surface area contributed by atoms with Gasteiger partial charge in [0.15, 0.2) is 0 Å². The van der Waals surface area contributed by atoms with Gasteiger partial charge in [0, 0.05) is 51.9 Å². The first-order valence-corrected chi connectivity index (χ1v) is 9.97. The fourth-order valence-electron chi connectivity index (χ4n) is 2.99. The van der Waals surface area contributed by atoms with E-state index in [1.54, 1.807) is 18.4 Å². The summed E-state index contributed by atoms with van der Waals surface area (Å²) in [5, 5.41) is 0.619. The second kappa shape index (κ2) is 7.68. The van der Waals surface area contributed by atoms with Crippen LogP contribution in [-0.4, -0.2) is 40.2 Å². The van der Waals surface area contributed by atoms with Crippen LogP contribution in [0.4, 0.5) is 11.8 Å². The van der Waals surface area contributed by atoms with Gasteiger partial charge in [-0.05, 0) is 37.1 Å². The molecule has 1 aliphatic heterocycles. The first-order valence-electron chi connectivity index (χ1n) is 8.04. The fraction of sp³-hybridized carbons (Fsp3) is 0.412. The van der Waals surface area contributed by atoms with Crippen LogP contribution in [0.25, 0.3) is 0 Å². The van der Waals surface area contributed by atoms with Crippen molar-refractivity contribution in [2.24, 2.45) is 0 Å². The second-order valence-corrected chi connectivity index (χ2v) is 7.79. The smallest absolute Gasteiger partial charge is 0.222 e. The van der Waals surface area contributed by atoms with Gasteiger partial charge >= 0.3 is 0 Å². The number of aryl methyl sites for hydroxylation is 1. The largest absolute Gasteiger partial charge is 0.379 e. The van der Waals surface area contributed by atoms with Crippen molar-refractivity contribution in [3.63, 3.8) is 0 Å². The highest BCUT2D eigenvalue weighted by molar-refractivity contribution is 7.84. The van der Waals surface area contributed by atoms with Crippen LogP contribution in [0.15, 0.2) is 29.2 Å². The molecule has 2 heterocycles. The Morgan fingerprint density at radius 2 is 2.16 bits per heavy atom. The Balaban J connectivity index is 2.07. The maximum absolute atomic E-state index is 11.9. The topological polar surface area (TPSA) is 81.3 Å². The van der Waals surface area contributed by atoms with E-state index in [9.17, 15) is 4.21 Å². The average Bonchev–Trinajstić information content (AvgIpc) is 2.80. The number of nitrogen functional groups attached to an aromatic ring is 1. The second-order valence-electron chi connectivity index (χ2n) is 6.00. The molecule has 6 nitrogen and oxygen atoms in total. The highest BCUT2D eigenvalue weighted by Gasteiger charge is 2.27. The summed E-state index contributed by atoms with van der Waals surface area (Å²) in [6.07, 6.45) is 2.53. The summed E-state index contributed by atoms with van der Waals surface area (Å²) >= 11 is 6.46.